The molecule has 5 atom stereocenters. The first-order chi connectivity index (χ1) is 29.5. The minimum atomic E-state index is -1.89. The summed E-state index contributed by atoms with van der Waals surface area (Å²) in [5.74, 6) is 1.73. The summed E-state index contributed by atoms with van der Waals surface area (Å²) in [5.41, 5.74) is 2.58. The molecule has 0 radical (unpaired) electrons. The third kappa shape index (κ3) is 8.87. The number of nitrogens with zero attached hydrogens (tertiary/aromatic N) is 6. The van der Waals surface area contributed by atoms with Crippen LogP contribution in [0.1, 0.15) is 69.5 Å². The van der Waals surface area contributed by atoms with E-state index in [1.165, 1.54) is 13.3 Å². The zero-order valence-corrected chi connectivity index (χ0v) is 36.6. The summed E-state index contributed by atoms with van der Waals surface area (Å²) < 4.78 is 60.1. The van der Waals surface area contributed by atoms with E-state index in [1.54, 1.807) is 23.7 Å². The summed E-state index contributed by atoms with van der Waals surface area (Å²) in [6, 6.07) is 25.2. The maximum Gasteiger partial charge on any atom is 0.259 e. The second-order valence-electron chi connectivity index (χ2n) is 15.6. The van der Waals surface area contributed by atoms with Crippen LogP contribution in [0.2, 0.25) is 0 Å². The molecule has 61 heavy (non-hydrogen) atoms. The molecule has 0 spiro atoms. The second kappa shape index (κ2) is 19.4. The summed E-state index contributed by atoms with van der Waals surface area (Å²) in [6.45, 7) is 17.7. The van der Waals surface area contributed by atoms with E-state index in [0.29, 0.717) is 47.7 Å². The first-order valence-corrected chi connectivity index (χ1v) is 21.8. The van der Waals surface area contributed by atoms with Crippen molar-refractivity contribution in [3.8, 4) is 11.5 Å². The first kappa shape index (κ1) is 44.1. The van der Waals surface area contributed by atoms with E-state index in [9.17, 15) is 4.79 Å². The molecule has 7 rings (SSSR count). The van der Waals surface area contributed by atoms with E-state index in [-0.39, 0.29) is 37.7 Å². The summed E-state index contributed by atoms with van der Waals surface area (Å²) >= 11 is 0. The van der Waals surface area contributed by atoms with E-state index < -0.39 is 38.7 Å². The predicted octanol–water partition coefficient (Wildman–Crippen LogP) is 8.66. The molecule has 15 heteroatoms. The summed E-state index contributed by atoms with van der Waals surface area (Å²) in [7, 11) is 1.36. The number of hydrogen-bond acceptors (Lipinski definition) is 10. The Labute approximate surface area is 358 Å². The highest BCUT2D eigenvalue weighted by Gasteiger charge is 2.51. The Bertz CT molecular complexity index is 2230. The molecule has 3 aromatic carbocycles. The Morgan fingerprint density at radius 1 is 0.967 bits per heavy atom. The summed E-state index contributed by atoms with van der Waals surface area (Å²) in [5, 5.41) is 0.695. The fourth-order valence-corrected chi connectivity index (χ4v) is 10.2. The molecular formula is C46H54FN6O7P. The lowest BCUT2D eigenvalue weighted by atomic mass is 9.80. The SMILES string of the molecule is [C-]#[N+]CCOP(O[C@H]1[C@H](F)[C@H](n2cc3c4c(ncnc42)N(C(C)=O)CCC3)O[C@@H]1COC(c1ccccc1)(c1ccc(OC)cc1)c1ccc(OC)cc1)N(C(C)C)C(C)C. The quantitative estimate of drug-likeness (QED) is 0.0390. The number of alkyl halides is 1. The van der Waals surface area contributed by atoms with Crippen LogP contribution in [-0.4, -0.2) is 96.1 Å². The maximum absolute atomic E-state index is 17.8. The van der Waals surface area contributed by atoms with Gasteiger partial charge in [0.05, 0.1) is 26.2 Å². The molecular weight excluding hydrogens is 799 g/mol. The molecule has 322 valence electrons. The molecule has 1 unspecified atom stereocenters. The van der Waals surface area contributed by atoms with Crippen LogP contribution in [-0.2, 0) is 35.3 Å². The van der Waals surface area contributed by atoms with Gasteiger partial charge >= 0.3 is 0 Å². The van der Waals surface area contributed by atoms with E-state index in [0.717, 1.165) is 22.3 Å². The van der Waals surface area contributed by atoms with Gasteiger partial charge in [-0.2, -0.15) is 0 Å². The number of hydrogen-bond donors (Lipinski definition) is 0. The lowest BCUT2D eigenvalue weighted by molar-refractivity contribution is -0.116. The van der Waals surface area contributed by atoms with Crippen LogP contribution in [0.4, 0.5) is 10.2 Å². The van der Waals surface area contributed by atoms with Gasteiger partial charge in [0.1, 0.15) is 53.7 Å². The topological polar surface area (TPSA) is 114 Å². The molecule has 2 aromatic heterocycles. The predicted molar refractivity (Wildman–Crippen MR) is 232 cm³/mol. The number of benzene rings is 3. The highest BCUT2D eigenvalue weighted by Crippen LogP contribution is 2.52. The van der Waals surface area contributed by atoms with Gasteiger partial charge in [-0.05, 0) is 87.1 Å². The molecule has 13 nitrogen and oxygen atoms in total. The van der Waals surface area contributed by atoms with Crippen molar-refractivity contribution >= 4 is 31.3 Å². The van der Waals surface area contributed by atoms with Gasteiger partial charge < -0.3 is 37.4 Å². The zero-order valence-electron chi connectivity index (χ0n) is 35.7. The highest BCUT2D eigenvalue weighted by atomic mass is 31.2. The number of amides is 1. The fourth-order valence-electron chi connectivity index (χ4n) is 8.43. The van der Waals surface area contributed by atoms with Crippen LogP contribution in [0.25, 0.3) is 15.9 Å². The van der Waals surface area contributed by atoms with Crippen LogP contribution < -0.4 is 14.4 Å². The Kier molecular flexibility index (Phi) is 14.0. The smallest absolute Gasteiger partial charge is 0.259 e. The van der Waals surface area contributed by atoms with Crippen molar-refractivity contribution in [3.63, 3.8) is 0 Å². The molecule has 1 fully saturated rings. The third-order valence-corrected chi connectivity index (χ3v) is 13.3. The minimum Gasteiger partial charge on any atom is -0.497 e. The van der Waals surface area contributed by atoms with E-state index in [4.69, 9.17) is 34.6 Å². The molecule has 2 aliphatic heterocycles. The average molecular weight is 853 g/mol. The van der Waals surface area contributed by atoms with Crippen LogP contribution in [0.3, 0.4) is 0 Å². The Morgan fingerprint density at radius 2 is 1.59 bits per heavy atom. The molecule has 0 N–H and O–H groups in total. The van der Waals surface area contributed by atoms with Gasteiger partial charge in [0.2, 0.25) is 12.5 Å². The third-order valence-electron chi connectivity index (χ3n) is 11.2. The largest absolute Gasteiger partial charge is 0.497 e. The Hall–Kier alpha value is -5.00. The van der Waals surface area contributed by atoms with Gasteiger partial charge in [0.25, 0.3) is 8.53 Å². The van der Waals surface area contributed by atoms with Gasteiger partial charge in [0, 0.05) is 31.7 Å². The molecule has 0 saturated carbocycles. The van der Waals surface area contributed by atoms with E-state index >= 15 is 4.39 Å². The van der Waals surface area contributed by atoms with Gasteiger partial charge in [-0.25, -0.2) is 25.6 Å². The Balaban J connectivity index is 1.35. The number of halogens is 1. The van der Waals surface area contributed by atoms with E-state index in [2.05, 4.69) is 19.5 Å². The first-order valence-electron chi connectivity index (χ1n) is 20.6. The maximum atomic E-state index is 17.8. The molecule has 0 bridgehead atoms. The number of carbonyl (C=O) groups excluding carboxylic acids is 1. The van der Waals surface area contributed by atoms with Crippen molar-refractivity contribution in [2.24, 2.45) is 0 Å². The van der Waals surface area contributed by atoms with Gasteiger partial charge in [-0.3, -0.25) is 9.69 Å². The highest BCUT2D eigenvalue weighted by molar-refractivity contribution is 7.44. The average Bonchev–Trinajstić information content (AvgIpc) is 3.71. The number of aromatic nitrogens is 3. The monoisotopic (exact) mass is 852 g/mol. The molecule has 1 saturated heterocycles. The zero-order chi connectivity index (χ0) is 43.3. The molecule has 4 heterocycles. The van der Waals surface area contributed by atoms with Gasteiger partial charge in [0.15, 0.2) is 12.4 Å². The lowest BCUT2D eigenvalue weighted by Gasteiger charge is -2.39. The van der Waals surface area contributed by atoms with Crippen molar-refractivity contribution < 1.29 is 37.2 Å². The van der Waals surface area contributed by atoms with Crippen molar-refractivity contribution in [2.45, 2.75) is 89.8 Å². The standard InChI is InChI=1S/C46H54FN6O7P/c1-30(2)53(31(3)4)61(58-26-24-48-6)60-42-39(59-45(41(42)47)52-27-33-13-12-25-51(32(5)54)43-40(33)44(52)50-29-49-43)28-57-46(34-14-10-9-11-15-34,35-16-20-37(55-7)21-17-35)36-18-22-38(56-8)23-19-36/h9-11,14-23,27,29-31,39,41-42,45H,12-13,24-26,28H2,1-5,7-8H3/t39-,41+,42-,45-,61?/m1/s1. The molecule has 5 aromatic rings. The van der Waals surface area contributed by atoms with Crippen LogP contribution in [0.5, 0.6) is 11.5 Å². The lowest BCUT2D eigenvalue weighted by Crippen LogP contribution is -2.41. The molecule has 1 amide bonds. The normalized spacial score (nSPS) is 19.7. The number of ether oxygens (including phenoxy) is 4. The van der Waals surface area contributed by atoms with Crippen LogP contribution >= 0.6 is 8.53 Å². The van der Waals surface area contributed by atoms with Crippen LogP contribution in [0.15, 0.2) is 91.4 Å². The molecule has 2 aliphatic rings. The van der Waals surface area contributed by atoms with Crippen molar-refractivity contribution in [2.75, 3.05) is 45.4 Å². The van der Waals surface area contributed by atoms with E-state index in [1.807, 2.05) is 113 Å². The minimum absolute atomic E-state index is 0.0263. The number of carbonyl (C=O) groups is 1. The van der Waals surface area contributed by atoms with Crippen molar-refractivity contribution in [3.05, 3.63) is 125 Å². The number of aryl methyl sites for hydroxylation is 1. The second-order valence-corrected chi connectivity index (χ2v) is 17.1. The Morgan fingerprint density at radius 3 is 2.16 bits per heavy atom. The molecule has 0 aliphatic carbocycles. The van der Waals surface area contributed by atoms with Gasteiger partial charge in [-0.15, -0.1) is 0 Å². The van der Waals surface area contributed by atoms with Gasteiger partial charge in [-0.1, -0.05) is 54.6 Å². The number of anilines is 1. The fraction of sp³-hybridized carbons (Fsp3) is 0.435. The summed E-state index contributed by atoms with van der Waals surface area (Å²) in [4.78, 5) is 27.1. The number of methoxy groups -OCH3 is 2. The van der Waals surface area contributed by atoms with Crippen molar-refractivity contribution in [1.29, 1.82) is 0 Å². The van der Waals surface area contributed by atoms with Crippen LogP contribution in [0, 0.1) is 6.57 Å². The summed E-state index contributed by atoms with van der Waals surface area (Å²) in [6.07, 6.45) is -0.462. The number of rotatable bonds is 17. The van der Waals surface area contributed by atoms with Crippen molar-refractivity contribution in [1.82, 2.24) is 19.2 Å².